The molecule has 0 saturated heterocycles. The fraction of sp³-hybridized carbons (Fsp3) is 0.316. The van der Waals surface area contributed by atoms with Gasteiger partial charge >= 0.3 is 0 Å². The Morgan fingerprint density at radius 1 is 1.22 bits per heavy atom. The van der Waals surface area contributed by atoms with E-state index in [2.05, 4.69) is 69.8 Å². The van der Waals surface area contributed by atoms with Crippen LogP contribution in [0.3, 0.4) is 0 Å². The van der Waals surface area contributed by atoms with E-state index in [0.29, 0.717) is 12.0 Å². The number of benzene rings is 2. The Morgan fingerprint density at radius 3 is 3.04 bits per heavy atom. The van der Waals surface area contributed by atoms with Crippen LogP contribution in [0.15, 0.2) is 54.7 Å². The van der Waals surface area contributed by atoms with E-state index in [1.807, 2.05) is 12.3 Å². The predicted octanol–water partition coefficient (Wildman–Crippen LogP) is 3.43. The average Bonchev–Trinajstić information content (AvgIpc) is 3.07. The summed E-state index contributed by atoms with van der Waals surface area (Å²) in [5.74, 6) is 1.68. The Labute approximate surface area is 136 Å². The van der Waals surface area contributed by atoms with Gasteiger partial charge in [0.05, 0.1) is 6.20 Å². The smallest absolute Gasteiger partial charge is 0.124 e. The minimum Gasteiger partial charge on any atom is -0.370 e. The lowest BCUT2D eigenvalue weighted by molar-refractivity contribution is 0.377. The van der Waals surface area contributed by atoms with Gasteiger partial charge in [0.25, 0.3) is 0 Å². The summed E-state index contributed by atoms with van der Waals surface area (Å²) < 4.78 is 2.05. The van der Waals surface area contributed by atoms with Crippen molar-refractivity contribution < 1.29 is 0 Å². The second-order valence-corrected chi connectivity index (χ2v) is 6.34. The molecule has 2 N–H and O–H groups in total. The van der Waals surface area contributed by atoms with E-state index in [4.69, 9.17) is 0 Å². The third kappa shape index (κ3) is 2.82. The van der Waals surface area contributed by atoms with Crippen LogP contribution in [0.1, 0.15) is 18.5 Å². The molecule has 4 heteroatoms. The van der Waals surface area contributed by atoms with Crippen LogP contribution in [0.2, 0.25) is 0 Å². The topological polar surface area (TPSA) is 41.9 Å². The molecule has 1 aliphatic rings. The van der Waals surface area contributed by atoms with Crippen molar-refractivity contribution in [3.05, 3.63) is 60.3 Å². The fourth-order valence-electron chi connectivity index (χ4n) is 3.40. The first kappa shape index (κ1) is 14.3. The first-order valence-corrected chi connectivity index (χ1v) is 8.28. The van der Waals surface area contributed by atoms with Gasteiger partial charge in [0.2, 0.25) is 0 Å². The molecule has 2 atom stereocenters. The van der Waals surface area contributed by atoms with Crippen molar-refractivity contribution in [1.82, 2.24) is 15.1 Å². The maximum Gasteiger partial charge on any atom is 0.124 e. The minimum atomic E-state index is 0.333. The summed E-state index contributed by atoms with van der Waals surface area (Å²) in [6.07, 6.45) is 1.86. The number of nitrogens with zero attached hydrogens (tertiary/aromatic N) is 2. The van der Waals surface area contributed by atoms with Crippen LogP contribution in [0.5, 0.6) is 0 Å². The summed E-state index contributed by atoms with van der Waals surface area (Å²) in [6, 6.07) is 17.5. The molecule has 0 unspecified atom stereocenters. The molecular weight excluding hydrogens is 284 g/mol. The summed E-state index contributed by atoms with van der Waals surface area (Å²) in [5.41, 5.74) is 1.37. The lowest BCUT2D eigenvalue weighted by atomic mass is 9.99. The number of aromatic nitrogens is 2. The van der Waals surface area contributed by atoms with Gasteiger partial charge in [0, 0.05) is 37.7 Å². The lowest BCUT2D eigenvalue weighted by Gasteiger charge is -2.27. The summed E-state index contributed by atoms with van der Waals surface area (Å²) in [6.45, 7) is 5.21. The normalized spacial score (nSPS) is 18.4. The SMILES string of the molecule is C[C@@H](NC[C@@H]1CNc2ccnn2C1)c1cccc2ccccc12. The third-order valence-electron chi connectivity index (χ3n) is 4.72. The molecule has 0 saturated carbocycles. The summed E-state index contributed by atoms with van der Waals surface area (Å²) in [4.78, 5) is 0. The molecule has 4 rings (SSSR count). The molecule has 23 heavy (non-hydrogen) atoms. The second kappa shape index (κ2) is 6.05. The van der Waals surface area contributed by atoms with Gasteiger partial charge in [0.15, 0.2) is 0 Å². The first-order valence-electron chi connectivity index (χ1n) is 8.28. The van der Waals surface area contributed by atoms with E-state index < -0.39 is 0 Å². The van der Waals surface area contributed by atoms with Gasteiger partial charge < -0.3 is 10.6 Å². The highest BCUT2D eigenvalue weighted by Crippen LogP contribution is 2.24. The summed E-state index contributed by atoms with van der Waals surface area (Å²) in [5, 5.41) is 14.2. The Morgan fingerprint density at radius 2 is 2.09 bits per heavy atom. The molecule has 2 aromatic carbocycles. The van der Waals surface area contributed by atoms with Gasteiger partial charge in [-0.15, -0.1) is 0 Å². The van der Waals surface area contributed by atoms with Crippen molar-refractivity contribution in [3.63, 3.8) is 0 Å². The van der Waals surface area contributed by atoms with Gasteiger partial charge in [0.1, 0.15) is 5.82 Å². The predicted molar refractivity (Wildman–Crippen MR) is 94.6 cm³/mol. The van der Waals surface area contributed by atoms with Gasteiger partial charge in [-0.25, -0.2) is 4.68 Å². The molecule has 118 valence electrons. The van der Waals surface area contributed by atoms with Crippen LogP contribution >= 0.6 is 0 Å². The van der Waals surface area contributed by atoms with Crippen LogP contribution in [-0.2, 0) is 6.54 Å². The molecule has 2 heterocycles. The molecule has 3 aromatic rings. The zero-order valence-corrected chi connectivity index (χ0v) is 13.4. The highest BCUT2D eigenvalue weighted by molar-refractivity contribution is 5.86. The molecule has 4 nitrogen and oxygen atoms in total. The largest absolute Gasteiger partial charge is 0.370 e. The molecule has 0 radical (unpaired) electrons. The maximum absolute atomic E-state index is 4.36. The van der Waals surface area contributed by atoms with Crippen LogP contribution in [0.25, 0.3) is 10.8 Å². The van der Waals surface area contributed by atoms with E-state index in [9.17, 15) is 0 Å². The van der Waals surface area contributed by atoms with E-state index in [1.54, 1.807) is 0 Å². The Balaban J connectivity index is 1.45. The number of rotatable bonds is 4. The van der Waals surface area contributed by atoms with Crippen molar-refractivity contribution in [2.75, 3.05) is 18.4 Å². The Hall–Kier alpha value is -2.33. The van der Waals surface area contributed by atoms with Gasteiger partial charge in [-0.2, -0.15) is 5.10 Å². The standard InChI is InChI=1S/C19H22N4/c1-14(17-8-4-6-16-5-2-3-7-18(16)17)20-11-15-12-21-19-9-10-22-23(19)13-15/h2-10,14-15,20-21H,11-13H2,1H3/t14-,15-/m1/s1. The molecule has 0 spiro atoms. The number of hydrogen-bond donors (Lipinski definition) is 2. The third-order valence-corrected chi connectivity index (χ3v) is 4.72. The zero-order valence-electron chi connectivity index (χ0n) is 13.4. The minimum absolute atomic E-state index is 0.333. The van der Waals surface area contributed by atoms with Crippen LogP contribution in [0.4, 0.5) is 5.82 Å². The first-order chi connectivity index (χ1) is 11.3. The van der Waals surface area contributed by atoms with Crippen molar-refractivity contribution in [1.29, 1.82) is 0 Å². The van der Waals surface area contributed by atoms with E-state index in [-0.39, 0.29) is 0 Å². The molecule has 1 aromatic heterocycles. The molecule has 0 aliphatic carbocycles. The fourth-order valence-corrected chi connectivity index (χ4v) is 3.40. The highest BCUT2D eigenvalue weighted by atomic mass is 15.3. The number of fused-ring (bicyclic) bond motifs is 2. The molecule has 1 aliphatic heterocycles. The van der Waals surface area contributed by atoms with Crippen molar-refractivity contribution >= 4 is 16.6 Å². The van der Waals surface area contributed by atoms with E-state index >= 15 is 0 Å². The van der Waals surface area contributed by atoms with Crippen LogP contribution < -0.4 is 10.6 Å². The Bertz CT molecular complexity index is 802. The van der Waals surface area contributed by atoms with Crippen LogP contribution in [-0.4, -0.2) is 22.9 Å². The van der Waals surface area contributed by atoms with Gasteiger partial charge in [-0.1, -0.05) is 42.5 Å². The van der Waals surface area contributed by atoms with Crippen molar-refractivity contribution in [2.24, 2.45) is 5.92 Å². The van der Waals surface area contributed by atoms with E-state index in [1.165, 1.54) is 16.3 Å². The quantitative estimate of drug-likeness (QED) is 0.776. The molecule has 0 fully saturated rings. The molecule has 0 bridgehead atoms. The number of anilines is 1. The second-order valence-electron chi connectivity index (χ2n) is 6.34. The monoisotopic (exact) mass is 306 g/mol. The Kier molecular flexibility index (Phi) is 3.75. The van der Waals surface area contributed by atoms with Crippen molar-refractivity contribution in [3.8, 4) is 0 Å². The summed E-state index contributed by atoms with van der Waals surface area (Å²) in [7, 11) is 0. The maximum atomic E-state index is 4.36. The number of hydrogen-bond acceptors (Lipinski definition) is 3. The van der Waals surface area contributed by atoms with Crippen molar-refractivity contribution in [2.45, 2.75) is 19.5 Å². The summed E-state index contributed by atoms with van der Waals surface area (Å²) >= 11 is 0. The van der Waals surface area contributed by atoms with Gasteiger partial charge in [-0.05, 0) is 23.3 Å². The zero-order chi connectivity index (χ0) is 15.6. The lowest BCUT2D eigenvalue weighted by Crippen LogP contribution is -2.36. The highest BCUT2D eigenvalue weighted by Gasteiger charge is 2.19. The van der Waals surface area contributed by atoms with Crippen LogP contribution in [0, 0.1) is 5.92 Å². The molecular formula is C19H22N4. The average molecular weight is 306 g/mol. The van der Waals surface area contributed by atoms with E-state index in [0.717, 1.165) is 25.5 Å². The van der Waals surface area contributed by atoms with Gasteiger partial charge in [-0.3, -0.25) is 0 Å². The molecule has 0 amide bonds. The number of nitrogens with one attached hydrogen (secondary N) is 2.